The van der Waals surface area contributed by atoms with Crippen molar-refractivity contribution in [3.63, 3.8) is 0 Å². The monoisotopic (exact) mass is 224 g/mol. The number of hydrogen-bond acceptors (Lipinski definition) is 2. The summed E-state index contributed by atoms with van der Waals surface area (Å²) in [5.74, 6) is -0.213. The maximum Gasteiger partial charge on any atom is 0.240 e. The van der Waals surface area contributed by atoms with Crippen molar-refractivity contribution in [3.8, 4) is 0 Å². The van der Waals surface area contributed by atoms with Crippen molar-refractivity contribution in [2.24, 2.45) is 11.7 Å². The van der Waals surface area contributed by atoms with Crippen molar-refractivity contribution < 1.29 is 9.59 Å². The molecular formula is C12H20N2O2. The second-order valence-electron chi connectivity index (χ2n) is 4.29. The van der Waals surface area contributed by atoms with Gasteiger partial charge in [-0.05, 0) is 12.8 Å². The van der Waals surface area contributed by atoms with Crippen molar-refractivity contribution in [1.29, 1.82) is 0 Å². The van der Waals surface area contributed by atoms with Gasteiger partial charge in [-0.3, -0.25) is 9.59 Å². The Labute approximate surface area is 96.5 Å². The Bertz CT molecular complexity index is 312. The minimum absolute atomic E-state index is 0.0188. The molecule has 1 unspecified atom stereocenters. The van der Waals surface area contributed by atoms with E-state index in [1.807, 2.05) is 13.8 Å². The average molecular weight is 224 g/mol. The summed E-state index contributed by atoms with van der Waals surface area (Å²) in [7, 11) is 0. The second-order valence-corrected chi connectivity index (χ2v) is 4.29. The summed E-state index contributed by atoms with van der Waals surface area (Å²) in [4.78, 5) is 24.6. The SMILES string of the molecule is C=C(CC)[C@@H]1CC(=O)N(C(CC)C(N)=O)C1. The molecule has 1 aliphatic heterocycles. The van der Waals surface area contributed by atoms with E-state index in [9.17, 15) is 9.59 Å². The molecule has 2 atom stereocenters. The van der Waals surface area contributed by atoms with Crippen LogP contribution in [0.1, 0.15) is 33.1 Å². The maximum atomic E-state index is 11.8. The summed E-state index contributed by atoms with van der Waals surface area (Å²) in [6.45, 7) is 8.44. The lowest BCUT2D eigenvalue weighted by Gasteiger charge is -2.24. The highest BCUT2D eigenvalue weighted by molar-refractivity contribution is 5.88. The summed E-state index contributed by atoms with van der Waals surface area (Å²) < 4.78 is 0. The van der Waals surface area contributed by atoms with Gasteiger partial charge in [0.2, 0.25) is 11.8 Å². The number of likely N-dealkylation sites (tertiary alicyclic amines) is 1. The van der Waals surface area contributed by atoms with Crippen molar-refractivity contribution in [2.45, 2.75) is 39.2 Å². The highest BCUT2D eigenvalue weighted by Gasteiger charge is 2.36. The normalized spacial score (nSPS) is 22.2. The smallest absolute Gasteiger partial charge is 0.240 e. The van der Waals surface area contributed by atoms with Crippen LogP contribution in [-0.2, 0) is 9.59 Å². The van der Waals surface area contributed by atoms with Gasteiger partial charge in [-0.1, -0.05) is 26.0 Å². The number of primary amides is 1. The van der Waals surface area contributed by atoms with Crippen molar-refractivity contribution in [3.05, 3.63) is 12.2 Å². The van der Waals surface area contributed by atoms with Crippen LogP contribution in [-0.4, -0.2) is 29.3 Å². The lowest BCUT2D eigenvalue weighted by molar-refractivity contribution is -0.136. The molecule has 1 fully saturated rings. The molecule has 1 saturated heterocycles. The third-order valence-corrected chi connectivity index (χ3v) is 3.28. The van der Waals surface area contributed by atoms with Gasteiger partial charge in [0.05, 0.1) is 0 Å². The molecule has 2 amide bonds. The molecule has 0 spiro atoms. The number of nitrogens with two attached hydrogens (primary N) is 1. The van der Waals surface area contributed by atoms with Crippen LogP contribution in [0.15, 0.2) is 12.2 Å². The molecule has 0 aromatic heterocycles. The predicted octanol–water partition coefficient (Wildman–Crippen LogP) is 1.06. The second kappa shape index (κ2) is 5.14. The Morgan fingerprint density at radius 1 is 1.62 bits per heavy atom. The van der Waals surface area contributed by atoms with E-state index >= 15 is 0 Å². The number of carbonyl (C=O) groups excluding carboxylic acids is 2. The van der Waals surface area contributed by atoms with Gasteiger partial charge in [0.25, 0.3) is 0 Å². The standard InChI is InChI=1S/C12H20N2O2/c1-4-8(3)9-6-11(15)14(7-9)10(5-2)12(13)16/h9-10H,3-7H2,1-2H3,(H2,13,16)/t9-,10?/m1/s1. The first-order valence-electron chi connectivity index (χ1n) is 5.77. The minimum atomic E-state index is -0.456. The topological polar surface area (TPSA) is 63.4 Å². The molecule has 0 aromatic rings. The summed E-state index contributed by atoms with van der Waals surface area (Å²) in [6.07, 6.45) is 1.92. The van der Waals surface area contributed by atoms with E-state index in [0.717, 1.165) is 12.0 Å². The molecule has 4 nitrogen and oxygen atoms in total. The van der Waals surface area contributed by atoms with Crippen LogP contribution in [0.4, 0.5) is 0 Å². The van der Waals surface area contributed by atoms with Gasteiger partial charge in [-0.2, -0.15) is 0 Å². The van der Waals surface area contributed by atoms with Crippen LogP contribution in [0.25, 0.3) is 0 Å². The number of nitrogens with zero attached hydrogens (tertiary/aromatic N) is 1. The molecule has 0 radical (unpaired) electrons. The summed E-state index contributed by atoms with van der Waals surface area (Å²) in [5, 5.41) is 0. The minimum Gasteiger partial charge on any atom is -0.368 e. The Morgan fingerprint density at radius 2 is 2.25 bits per heavy atom. The summed E-state index contributed by atoms with van der Waals surface area (Å²) in [6, 6.07) is -0.456. The van der Waals surface area contributed by atoms with Crippen LogP contribution in [0.3, 0.4) is 0 Å². The first kappa shape index (κ1) is 12.7. The fraction of sp³-hybridized carbons (Fsp3) is 0.667. The van der Waals surface area contributed by atoms with E-state index in [1.54, 1.807) is 4.90 Å². The predicted molar refractivity (Wildman–Crippen MR) is 62.5 cm³/mol. The van der Waals surface area contributed by atoms with Gasteiger partial charge in [0.15, 0.2) is 0 Å². The van der Waals surface area contributed by atoms with Gasteiger partial charge < -0.3 is 10.6 Å². The lowest BCUT2D eigenvalue weighted by atomic mass is 9.98. The number of amides is 2. The largest absolute Gasteiger partial charge is 0.368 e. The van der Waals surface area contributed by atoms with Crippen molar-refractivity contribution >= 4 is 11.8 Å². The van der Waals surface area contributed by atoms with Gasteiger partial charge >= 0.3 is 0 Å². The van der Waals surface area contributed by atoms with Gasteiger partial charge in [-0.25, -0.2) is 0 Å². The molecule has 1 aliphatic rings. The fourth-order valence-corrected chi connectivity index (χ4v) is 2.17. The highest BCUT2D eigenvalue weighted by atomic mass is 16.2. The van der Waals surface area contributed by atoms with Gasteiger partial charge in [-0.15, -0.1) is 0 Å². The molecule has 2 N–H and O–H groups in total. The van der Waals surface area contributed by atoms with Crippen molar-refractivity contribution in [1.82, 2.24) is 4.90 Å². The first-order valence-corrected chi connectivity index (χ1v) is 5.77. The molecule has 4 heteroatoms. The Balaban J connectivity index is 2.74. The third-order valence-electron chi connectivity index (χ3n) is 3.28. The van der Waals surface area contributed by atoms with E-state index in [0.29, 0.717) is 19.4 Å². The zero-order chi connectivity index (χ0) is 12.3. The molecule has 0 aliphatic carbocycles. The van der Waals surface area contributed by atoms with Crippen LogP contribution < -0.4 is 5.73 Å². The Hall–Kier alpha value is -1.32. The summed E-state index contributed by atoms with van der Waals surface area (Å²) in [5.41, 5.74) is 6.37. The van der Waals surface area contributed by atoms with Crippen LogP contribution in [0, 0.1) is 5.92 Å². The number of rotatable bonds is 5. The summed E-state index contributed by atoms with van der Waals surface area (Å²) >= 11 is 0. The van der Waals surface area contributed by atoms with E-state index in [1.165, 1.54) is 0 Å². The van der Waals surface area contributed by atoms with E-state index in [4.69, 9.17) is 5.73 Å². The van der Waals surface area contributed by atoms with E-state index in [2.05, 4.69) is 6.58 Å². The van der Waals surface area contributed by atoms with Crippen molar-refractivity contribution in [2.75, 3.05) is 6.54 Å². The zero-order valence-electron chi connectivity index (χ0n) is 10.0. The molecule has 16 heavy (non-hydrogen) atoms. The molecule has 1 rings (SSSR count). The number of hydrogen-bond donors (Lipinski definition) is 1. The Kier molecular flexibility index (Phi) is 4.10. The van der Waals surface area contributed by atoms with E-state index < -0.39 is 11.9 Å². The average Bonchev–Trinajstić information content (AvgIpc) is 2.60. The molecule has 0 bridgehead atoms. The van der Waals surface area contributed by atoms with Crippen LogP contribution in [0.5, 0.6) is 0 Å². The highest BCUT2D eigenvalue weighted by Crippen LogP contribution is 2.27. The molecule has 90 valence electrons. The molecule has 1 heterocycles. The fourth-order valence-electron chi connectivity index (χ4n) is 2.17. The van der Waals surface area contributed by atoms with Crippen LogP contribution >= 0.6 is 0 Å². The van der Waals surface area contributed by atoms with E-state index in [-0.39, 0.29) is 11.8 Å². The molecular weight excluding hydrogens is 204 g/mol. The van der Waals surface area contributed by atoms with Crippen LogP contribution in [0.2, 0.25) is 0 Å². The lowest BCUT2D eigenvalue weighted by Crippen LogP contribution is -2.45. The maximum absolute atomic E-state index is 11.8. The number of carbonyl (C=O) groups is 2. The molecule has 0 saturated carbocycles. The quantitative estimate of drug-likeness (QED) is 0.710. The molecule has 0 aromatic carbocycles. The Morgan fingerprint density at radius 3 is 2.69 bits per heavy atom. The third kappa shape index (κ3) is 2.43. The zero-order valence-corrected chi connectivity index (χ0v) is 10.0. The first-order chi connectivity index (χ1) is 7.51. The van der Waals surface area contributed by atoms with Gasteiger partial charge in [0, 0.05) is 18.9 Å². The van der Waals surface area contributed by atoms with Gasteiger partial charge in [0.1, 0.15) is 6.04 Å².